The molecule has 2 aromatic carbocycles. The Labute approximate surface area is 187 Å². The molecule has 0 aliphatic heterocycles. The average Bonchev–Trinajstić information content (AvgIpc) is 2.72. The molecule has 0 radical (unpaired) electrons. The molecule has 176 valence electrons. The van der Waals surface area contributed by atoms with Crippen LogP contribution in [0.3, 0.4) is 0 Å². The van der Waals surface area contributed by atoms with Gasteiger partial charge in [0, 0.05) is 11.6 Å². The van der Waals surface area contributed by atoms with Gasteiger partial charge in [-0.05, 0) is 35.6 Å². The van der Waals surface area contributed by atoms with E-state index in [4.69, 9.17) is 13.9 Å². The lowest BCUT2D eigenvalue weighted by Crippen LogP contribution is -2.28. The molecule has 0 atom stereocenters. The second kappa shape index (κ2) is 8.80. The predicted molar refractivity (Wildman–Crippen MR) is 113 cm³/mol. The van der Waals surface area contributed by atoms with Crippen LogP contribution in [0.4, 0.5) is 13.2 Å². The summed E-state index contributed by atoms with van der Waals surface area (Å²) in [5, 5.41) is 10.4. The number of carboxylic acids is 1. The molecule has 0 aliphatic rings. The molecule has 0 amide bonds. The van der Waals surface area contributed by atoms with Crippen molar-refractivity contribution in [3.63, 3.8) is 0 Å². The number of rotatable bonds is 6. The second-order valence-corrected chi connectivity index (χ2v) is 8.44. The predicted octanol–water partition coefficient (Wildman–Crippen LogP) is 4.59. The number of alkyl halides is 3. The fraction of sp³-hybridized carbons (Fsp3) is 0.333. The minimum Gasteiger partial charge on any atom is -0.546 e. The monoisotopic (exact) mass is 463 g/mol. The third-order valence-corrected chi connectivity index (χ3v) is 4.91. The molecule has 1 heterocycles. The van der Waals surface area contributed by atoms with Crippen LogP contribution in [0.2, 0.25) is 0 Å². The number of benzene rings is 2. The lowest BCUT2D eigenvalue weighted by molar-refractivity contribution is -0.307. The summed E-state index contributed by atoms with van der Waals surface area (Å²) >= 11 is 0. The van der Waals surface area contributed by atoms with Crippen molar-refractivity contribution in [3.05, 3.63) is 63.5 Å². The Morgan fingerprint density at radius 1 is 1.09 bits per heavy atom. The number of aliphatic carboxylic acids is 1. The molecule has 0 saturated heterocycles. The van der Waals surface area contributed by atoms with E-state index in [9.17, 15) is 27.9 Å². The van der Waals surface area contributed by atoms with Gasteiger partial charge in [-0.25, -0.2) is 0 Å². The first-order valence-electron chi connectivity index (χ1n) is 10.1. The fourth-order valence-corrected chi connectivity index (χ4v) is 3.25. The van der Waals surface area contributed by atoms with Crippen LogP contribution >= 0.6 is 0 Å². The number of carbonyl (C=O) groups excluding carboxylic acids is 1. The number of carboxylic acid groups (broad SMARTS) is 1. The first-order chi connectivity index (χ1) is 15.3. The molecule has 0 bridgehead atoms. The van der Waals surface area contributed by atoms with Gasteiger partial charge >= 0.3 is 6.18 Å². The Balaban J connectivity index is 2.19. The van der Waals surface area contributed by atoms with Crippen molar-refractivity contribution >= 4 is 16.9 Å². The Morgan fingerprint density at radius 2 is 1.79 bits per heavy atom. The van der Waals surface area contributed by atoms with Crippen LogP contribution in [0.15, 0.2) is 45.6 Å². The molecule has 3 rings (SSSR count). The van der Waals surface area contributed by atoms with E-state index in [1.54, 1.807) is 12.1 Å². The molecule has 9 heteroatoms. The first kappa shape index (κ1) is 24.2. The van der Waals surface area contributed by atoms with Gasteiger partial charge in [0.1, 0.15) is 23.7 Å². The summed E-state index contributed by atoms with van der Waals surface area (Å²) in [6.07, 6.45) is -4.31. The van der Waals surface area contributed by atoms with Crippen LogP contribution in [-0.2, 0) is 22.8 Å². The van der Waals surface area contributed by atoms with Crippen LogP contribution in [0.1, 0.15) is 44.6 Å². The standard InChI is InChI=1S/C24H23F3O6/c1-5-13-6-9-17(16(10-13)23(2,3)4)32-21-20(30)15-8-7-14(31-12-19(28)29)11-18(15)33-22(21)24(25,26)27/h6-11H,5,12H2,1-4H3,(H,28,29)/p-1. The summed E-state index contributed by atoms with van der Waals surface area (Å²) < 4.78 is 57.0. The van der Waals surface area contributed by atoms with Gasteiger partial charge in [-0.1, -0.05) is 39.8 Å². The Bertz CT molecular complexity index is 1250. The molecule has 0 spiro atoms. The van der Waals surface area contributed by atoms with Crippen molar-refractivity contribution < 1.29 is 37.0 Å². The van der Waals surface area contributed by atoms with E-state index in [1.807, 2.05) is 33.8 Å². The van der Waals surface area contributed by atoms with Crippen LogP contribution in [0, 0.1) is 0 Å². The van der Waals surface area contributed by atoms with Crippen LogP contribution in [0.5, 0.6) is 17.2 Å². The number of hydrogen-bond acceptors (Lipinski definition) is 6. The third-order valence-electron chi connectivity index (χ3n) is 4.91. The lowest BCUT2D eigenvalue weighted by atomic mass is 9.85. The summed E-state index contributed by atoms with van der Waals surface area (Å²) in [6.45, 7) is 6.79. The molecule has 0 saturated carbocycles. The maximum atomic E-state index is 13.8. The van der Waals surface area contributed by atoms with E-state index in [0.29, 0.717) is 5.56 Å². The Hall–Kier alpha value is -3.49. The van der Waals surface area contributed by atoms with Gasteiger partial charge in [0.15, 0.2) is 0 Å². The maximum Gasteiger partial charge on any atom is 0.453 e. The summed E-state index contributed by atoms with van der Waals surface area (Å²) in [7, 11) is 0. The van der Waals surface area contributed by atoms with E-state index in [2.05, 4.69) is 0 Å². The molecule has 0 aliphatic carbocycles. The largest absolute Gasteiger partial charge is 0.546 e. The SMILES string of the molecule is CCc1ccc(Oc2c(C(F)(F)F)oc3cc(OCC(=O)[O-])ccc3c2=O)c(C(C)(C)C)c1. The molecule has 6 nitrogen and oxygen atoms in total. The topological polar surface area (TPSA) is 88.8 Å². The van der Waals surface area contributed by atoms with Gasteiger partial charge in [-0.3, -0.25) is 4.79 Å². The average molecular weight is 463 g/mol. The summed E-state index contributed by atoms with van der Waals surface area (Å²) in [5.74, 6) is -4.07. The minimum atomic E-state index is -5.03. The van der Waals surface area contributed by atoms with Gasteiger partial charge in [0.2, 0.25) is 11.2 Å². The zero-order chi connectivity index (χ0) is 24.6. The Kier molecular flexibility index (Phi) is 6.44. The van der Waals surface area contributed by atoms with Crippen molar-refractivity contribution in [2.75, 3.05) is 6.61 Å². The summed E-state index contributed by atoms with van der Waals surface area (Å²) in [6, 6.07) is 8.54. The third kappa shape index (κ3) is 5.30. The van der Waals surface area contributed by atoms with E-state index in [1.165, 1.54) is 12.1 Å². The highest BCUT2D eigenvalue weighted by Gasteiger charge is 2.41. The molecule has 33 heavy (non-hydrogen) atoms. The quantitative estimate of drug-likeness (QED) is 0.531. The van der Waals surface area contributed by atoms with Gasteiger partial charge in [0.05, 0.1) is 11.4 Å². The molecular formula is C24H22F3O6-. The van der Waals surface area contributed by atoms with Crippen molar-refractivity contribution in [3.8, 4) is 17.2 Å². The smallest absolute Gasteiger partial charge is 0.453 e. The molecule has 0 unspecified atom stereocenters. The zero-order valence-electron chi connectivity index (χ0n) is 18.5. The van der Waals surface area contributed by atoms with Crippen LogP contribution in [-0.4, -0.2) is 12.6 Å². The van der Waals surface area contributed by atoms with Gasteiger partial charge < -0.3 is 23.8 Å². The van der Waals surface area contributed by atoms with Crippen molar-refractivity contribution in [1.29, 1.82) is 0 Å². The second-order valence-electron chi connectivity index (χ2n) is 8.44. The van der Waals surface area contributed by atoms with E-state index < -0.39 is 46.7 Å². The van der Waals surface area contributed by atoms with Gasteiger partial charge in [0.25, 0.3) is 5.76 Å². The van der Waals surface area contributed by atoms with Crippen LogP contribution in [0.25, 0.3) is 11.0 Å². The van der Waals surface area contributed by atoms with Crippen molar-refractivity contribution in [1.82, 2.24) is 0 Å². The number of carbonyl (C=O) groups is 1. The van der Waals surface area contributed by atoms with E-state index >= 15 is 0 Å². The van der Waals surface area contributed by atoms with Crippen molar-refractivity contribution in [2.45, 2.75) is 45.7 Å². The summed E-state index contributed by atoms with van der Waals surface area (Å²) in [4.78, 5) is 23.6. The molecular weight excluding hydrogens is 441 g/mol. The highest BCUT2D eigenvalue weighted by Crippen LogP contribution is 2.41. The van der Waals surface area contributed by atoms with E-state index in [-0.39, 0.29) is 16.9 Å². The number of hydrogen-bond donors (Lipinski definition) is 0. The molecule has 1 aromatic heterocycles. The number of aryl methyl sites for hydroxylation is 1. The zero-order valence-corrected chi connectivity index (χ0v) is 18.5. The van der Waals surface area contributed by atoms with Gasteiger partial charge in [-0.2, -0.15) is 13.2 Å². The van der Waals surface area contributed by atoms with E-state index in [0.717, 1.165) is 18.1 Å². The molecule has 3 aromatic rings. The highest BCUT2D eigenvalue weighted by atomic mass is 19.4. The van der Waals surface area contributed by atoms with Crippen molar-refractivity contribution in [2.24, 2.45) is 0 Å². The molecule has 0 fully saturated rings. The normalized spacial score (nSPS) is 12.1. The maximum absolute atomic E-state index is 13.8. The Morgan fingerprint density at radius 3 is 2.36 bits per heavy atom. The number of fused-ring (bicyclic) bond motifs is 1. The van der Waals surface area contributed by atoms with Crippen LogP contribution < -0.4 is 20.0 Å². The van der Waals surface area contributed by atoms with Gasteiger partial charge in [-0.15, -0.1) is 0 Å². The minimum absolute atomic E-state index is 0.0955. The lowest BCUT2D eigenvalue weighted by Gasteiger charge is -2.24. The first-order valence-corrected chi connectivity index (χ1v) is 10.1. The highest BCUT2D eigenvalue weighted by molar-refractivity contribution is 5.80. The summed E-state index contributed by atoms with van der Waals surface area (Å²) in [5.41, 5.74) is -0.304. The molecule has 0 N–H and O–H groups in total. The fourth-order valence-electron chi connectivity index (χ4n) is 3.25. The number of halogens is 3. The number of ether oxygens (including phenoxy) is 2.